The summed E-state index contributed by atoms with van der Waals surface area (Å²) < 4.78 is 0. The van der Waals surface area contributed by atoms with Crippen molar-refractivity contribution in [2.75, 3.05) is 19.6 Å². The Kier molecular flexibility index (Phi) is 14.6. The van der Waals surface area contributed by atoms with Gasteiger partial charge in [-0.2, -0.15) is 0 Å². The Morgan fingerprint density at radius 3 is 1.40 bits per heavy atom. The molecule has 0 amide bonds. The van der Waals surface area contributed by atoms with E-state index in [-0.39, 0.29) is 0 Å². The van der Waals surface area contributed by atoms with Gasteiger partial charge in [0.1, 0.15) is 0 Å². The summed E-state index contributed by atoms with van der Waals surface area (Å²) in [6, 6.07) is 0. The maximum Gasteiger partial charge on any atom is 0.00996 e. The third-order valence-corrected chi connectivity index (χ3v) is 1.10. The van der Waals surface area contributed by atoms with Crippen LogP contribution in [0.4, 0.5) is 0 Å². The van der Waals surface area contributed by atoms with Crippen LogP contribution < -0.4 is 11.6 Å². The van der Waals surface area contributed by atoms with Crippen LogP contribution >= 0.6 is 0 Å². The van der Waals surface area contributed by atoms with Crippen LogP contribution in [0.1, 0.15) is 27.2 Å². The topological polar surface area (TPSA) is 55.3 Å². The lowest BCUT2D eigenvalue weighted by atomic mass is 10.5. The van der Waals surface area contributed by atoms with E-state index in [9.17, 15) is 0 Å². The van der Waals surface area contributed by atoms with E-state index < -0.39 is 0 Å². The Balaban J connectivity index is 0. The van der Waals surface area contributed by atoms with Crippen LogP contribution in [-0.2, 0) is 0 Å². The largest absolute Gasteiger partial charge is 0.330 e. The highest BCUT2D eigenvalue weighted by atomic mass is 15.4. The van der Waals surface area contributed by atoms with Crippen molar-refractivity contribution in [2.45, 2.75) is 27.2 Å². The molecule has 0 bridgehead atoms. The average molecular weight is 147 g/mol. The summed E-state index contributed by atoms with van der Waals surface area (Å²) in [6.07, 6.45) is 1.10. The molecular weight excluding hydrogens is 126 g/mol. The number of rotatable bonds is 3. The van der Waals surface area contributed by atoms with Crippen molar-refractivity contribution < 1.29 is 0 Å². The zero-order valence-corrected chi connectivity index (χ0v) is 7.43. The van der Waals surface area contributed by atoms with E-state index in [0.717, 1.165) is 26.1 Å². The molecule has 0 aliphatic carbocycles. The molecule has 10 heavy (non-hydrogen) atoms. The fourth-order valence-corrected chi connectivity index (χ4v) is 0.224. The molecule has 0 radical (unpaired) electrons. The molecule has 3 heteroatoms. The number of hydrogen-bond acceptors (Lipinski definition) is 3. The van der Waals surface area contributed by atoms with Gasteiger partial charge in [-0.1, -0.05) is 20.8 Å². The van der Waals surface area contributed by atoms with Crippen LogP contribution in [0.5, 0.6) is 0 Å². The molecule has 0 saturated heterocycles. The fourth-order valence-electron chi connectivity index (χ4n) is 0.224. The average Bonchev–Trinajstić information content (AvgIpc) is 2.03. The van der Waals surface area contributed by atoms with Gasteiger partial charge in [0, 0.05) is 13.1 Å². The Morgan fingerprint density at radius 2 is 1.40 bits per heavy atom. The minimum atomic E-state index is 0.819. The molecule has 0 spiro atoms. The molecule has 0 aliphatic heterocycles. The normalized spacial score (nSPS) is 9.00. The van der Waals surface area contributed by atoms with E-state index >= 15 is 0 Å². The first-order valence-corrected chi connectivity index (χ1v) is 3.92. The highest BCUT2D eigenvalue weighted by Crippen LogP contribution is 1.68. The molecule has 0 atom stereocenters. The van der Waals surface area contributed by atoms with Gasteiger partial charge < -0.3 is 5.73 Å². The van der Waals surface area contributed by atoms with Gasteiger partial charge in [0.25, 0.3) is 0 Å². The molecule has 0 aromatic heterocycles. The van der Waals surface area contributed by atoms with Crippen molar-refractivity contribution in [1.82, 2.24) is 5.01 Å². The minimum Gasteiger partial charge on any atom is -0.330 e. The monoisotopic (exact) mass is 147 g/mol. The third kappa shape index (κ3) is 15.7. The molecule has 64 valence electrons. The predicted octanol–water partition coefficient (Wildman–Crippen LogP) is 0.557. The number of nitrogens with zero attached hydrogens (tertiary/aromatic N) is 1. The smallest absolute Gasteiger partial charge is 0.00996 e. The maximum absolute atomic E-state index is 5.31. The second-order valence-corrected chi connectivity index (χ2v) is 2.01. The molecule has 3 nitrogen and oxygen atoms in total. The first-order valence-electron chi connectivity index (χ1n) is 3.92. The molecule has 0 saturated carbocycles. The first kappa shape index (κ1) is 12.5. The Labute approximate surface area is 64.3 Å². The van der Waals surface area contributed by atoms with Crippen molar-refractivity contribution in [3.05, 3.63) is 0 Å². The van der Waals surface area contributed by atoms with Crippen molar-refractivity contribution >= 4 is 0 Å². The zero-order valence-electron chi connectivity index (χ0n) is 7.43. The van der Waals surface area contributed by atoms with Gasteiger partial charge >= 0.3 is 0 Å². The lowest BCUT2D eigenvalue weighted by Crippen LogP contribution is -2.29. The first-order chi connectivity index (χ1) is 4.72. The summed E-state index contributed by atoms with van der Waals surface area (Å²) in [5.41, 5.74) is 5.03. The number of nitrogens with two attached hydrogens (primary N) is 2. The van der Waals surface area contributed by atoms with E-state index in [2.05, 4.69) is 6.92 Å². The summed E-state index contributed by atoms with van der Waals surface area (Å²) in [6.45, 7) is 8.82. The van der Waals surface area contributed by atoms with Crippen molar-refractivity contribution in [1.29, 1.82) is 0 Å². The molecule has 0 heterocycles. The van der Waals surface area contributed by atoms with Crippen LogP contribution in [-0.4, -0.2) is 24.6 Å². The van der Waals surface area contributed by atoms with Crippen molar-refractivity contribution in [3.8, 4) is 0 Å². The molecule has 0 aromatic carbocycles. The van der Waals surface area contributed by atoms with Gasteiger partial charge in [0.15, 0.2) is 0 Å². The highest BCUT2D eigenvalue weighted by Gasteiger charge is 1.82. The minimum absolute atomic E-state index is 0.819. The van der Waals surface area contributed by atoms with Crippen molar-refractivity contribution in [3.63, 3.8) is 0 Å². The molecule has 0 unspecified atom stereocenters. The quantitative estimate of drug-likeness (QED) is 0.453. The van der Waals surface area contributed by atoms with E-state index in [0.29, 0.717) is 0 Å². The summed E-state index contributed by atoms with van der Waals surface area (Å²) in [5.74, 6) is 5.31. The van der Waals surface area contributed by atoms with Gasteiger partial charge in [-0.15, -0.1) is 0 Å². The molecule has 0 fully saturated rings. The van der Waals surface area contributed by atoms with Gasteiger partial charge in [-0.05, 0) is 13.0 Å². The Morgan fingerprint density at radius 1 is 1.10 bits per heavy atom. The third-order valence-electron chi connectivity index (χ3n) is 1.10. The molecule has 0 rings (SSSR count). The van der Waals surface area contributed by atoms with Crippen LogP contribution in [0.2, 0.25) is 0 Å². The van der Waals surface area contributed by atoms with Gasteiger partial charge in [-0.25, -0.2) is 5.01 Å². The highest BCUT2D eigenvalue weighted by molar-refractivity contribution is 4.32. The van der Waals surface area contributed by atoms with E-state index in [4.69, 9.17) is 11.6 Å². The summed E-state index contributed by atoms with van der Waals surface area (Å²) in [7, 11) is 0. The van der Waals surface area contributed by atoms with Gasteiger partial charge in [-0.3, -0.25) is 5.84 Å². The molecular formula is C7H21N3. The number of hydrazine groups is 1. The van der Waals surface area contributed by atoms with E-state index in [1.54, 1.807) is 5.01 Å². The molecule has 0 aromatic rings. The van der Waals surface area contributed by atoms with Crippen LogP contribution in [0.25, 0.3) is 0 Å². The second-order valence-electron chi connectivity index (χ2n) is 2.01. The summed E-state index contributed by atoms with van der Waals surface area (Å²) in [5, 5.41) is 1.75. The Bertz CT molecular complexity index is 42.1. The fraction of sp³-hybridized carbons (Fsp3) is 1.00. The SMILES string of the molecule is CCCN.CCN(N)CC. The Hall–Kier alpha value is -0.120. The van der Waals surface area contributed by atoms with E-state index in [1.165, 1.54) is 0 Å². The molecule has 4 N–H and O–H groups in total. The maximum atomic E-state index is 5.31. The van der Waals surface area contributed by atoms with Crippen LogP contribution in [0.3, 0.4) is 0 Å². The van der Waals surface area contributed by atoms with Gasteiger partial charge in [0.2, 0.25) is 0 Å². The molecule has 0 aliphatic rings. The predicted molar refractivity (Wildman–Crippen MR) is 46.5 cm³/mol. The van der Waals surface area contributed by atoms with Crippen LogP contribution in [0.15, 0.2) is 0 Å². The number of hydrogen-bond donors (Lipinski definition) is 2. The van der Waals surface area contributed by atoms with Crippen LogP contribution in [0, 0.1) is 0 Å². The van der Waals surface area contributed by atoms with Crippen molar-refractivity contribution in [2.24, 2.45) is 11.6 Å². The summed E-state index contributed by atoms with van der Waals surface area (Å²) in [4.78, 5) is 0. The second kappa shape index (κ2) is 11.6. The van der Waals surface area contributed by atoms with Gasteiger partial charge in [0.05, 0.1) is 0 Å². The van der Waals surface area contributed by atoms with E-state index in [1.807, 2.05) is 13.8 Å². The lowest BCUT2D eigenvalue weighted by molar-refractivity contribution is 0.316. The standard InChI is InChI=1S/C4H12N2.C3H9N/c1-3-6(5)4-2;1-2-3-4/h3-5H2,1-2H3;2-4H2,1H3. The zero-order chi connectivity index (χ0) is 8.41. The lowest BCUT2D eigenvalue weighted by Gasteiger charge is -2.07. The summed E-state index contributed by atoms with van der Waals surface area (Å²) >= 11 is 0.